The van der Waals surface area contributed by atoms with E-state index in [-0.39, 0.29) is 6.04 Å². The first-order valence-electron chi connectivity index (χ1n) is 6.51. The Morgan fingerprint density at radius 2 is 2.33 bits per heavy atom. The van der Waals surface area contributed by atoms with Crippen molar-refractivity contribution in [2.75, 3.05) is 0 Å². The zero-order valence-electron chi connectivity index (χ0n) is 10.9. The summed E-state index contributed by atoms with van der Waals surface area (Å²) in [5.74, 6) is 1.69. The third-order valence-corrected chi connectivity index (χ3v) is 3.82. The molecular weight excluding hydrogens is 226 g/mol. The van der Waals surface area contributed by atoms with Gasteiger partial charge < -0.3 is 14.7 Å². The van der Waals surface area contributed by atoms with Gasteiger partial charge >= 0.3 is 0 Å². The molecule has 4 heteroatoms. The SMILES string of the molecule is Cc1nc(Cn2ccc3c2CCCC3N)oc1C. The molecule has 0 aliphatic heterocycles. The van der Waals surface area contributed by atoms with E-state index in [2.05, 4.69) is 21.8 Å². The topological polar surface area (TPSA) is 57.0 Å². The van der Waals surface area contributed by atoms with Crippen molar-refractivity contribution in [1.82, 2.24) is 9.55 Å². The largest absolute Gasteiger partial charge is 0.444 e. The van der Waals surface area contributed by atoms with Gasteiger partial charge in [-0.15, -0.1) is 0 Å². The maximum atomic E-state index is 6.13. The number of nitrogens with two attached hydrogens (primary N) is 1. The van der Waals surface area contributed by atoms with E-state index >= 15 is 0 Å². The summed E-state index contributed by atoms with van der Waals surface area (Å²) in [7, 11) is 0. The van der Waals surface area contributed by atoms with Crippen LogP contribution in [0.4, 0.5) is 0 Å². The van der Waals surface area contributed by atoms with E-state index in [1.54, 1.807) is 0 Å². The molecule has 96 valence electrons. The summed E-state index contributed by atoms with van der Waals surface area (Å²) < 4.78 is 7.86. The van der Waals surface area contributed by atoms with Gasteiger partial charge in [0.1, 0.15) is 5.76 Å². The van der Waals surface area contributed by atoms with Crippen LogP contribution in [0.3, 0.4) is 0 Å². The molecule has 2 aromatic rings. The Bertz CT molecular complexity index is 548. The van der Waals surface area contributed by atoms with E-state index in [4.69, 9.17) is 10.2 Å². The van der Waals surface area contributed by atoms with Gasteiger partial charge in [-0.05, 0) is 44.7 Å². The first-order chi connectivity index (χ1) is 8.65. The van der Waals surface area contributed by atoms with Gasteiger partial charge in [0.15, 0.2) is 0 Å². The fraction of sp³-hybridized carbons (Fsp3) is 0.500. The van der Waals surface area contributed by atoms with Crippen molar-refractivity contribution in [2.24, 2.45) is 5.73 Å². The van der Waals surface area contributed by atoms with Crippen LogP contribution in [0, 0.1) is 13.8 Å². The van der Waals surface area contributed by atoms with Crippen LogP contribution in [0.15, 0.2) is 16.7 Å². The Balaban J connectivity index is 1.89. The molecule has 2 aromatic heterocycles. The van der Waals surface area contributed by atoms with Gasteiger partial charge in [-0.25, -0.2) is 4.98 Å². The molecule has 3 rings (SSSR count). The fourth-order valence-corrected chi connectivity index (χ4v) is 2.69. The van der Waals surface area contributed by atoms with Crippen LogP contribution in [-0.4, -0.2) is 9.55 Å². The summed E-state index contributed by atoms with van der Waals surface area (Å²) in [4.78, 5) is 4.43. The molecule has 1 aliphatic carbocycles. The Hall–Kier alpha value is -1.55. The molecule has 0 saturated heterocycles. The predicted octanol–water partition coefficient (Wildman–Crippen LogP) is 2.48. The maximum absolute atomic E-state index is 6.13. The lowest BCUT2D eigenvalue weighted by atomic mass is 9.94. The first kappa shape index (κ1) is 11.5. The number of rotatable bonds is 2. The maximum Gasteiger partial charge on any atom is 0.214 e. The number of hydrogen-bond donors (Lipinski definition) is 1. The van der Waals surface area contributed by atoms with E-state index < -0.39 is 0 Å². The zero-order chi connectivity index (χ0) is 12.7. The van der Waals surface area contributed by atoms with Crippen molar-refractivity contribution in [1.29, 1.82) is 0 Å². The lowest BCUT2D eigenvalue weighted by Crippen LogP contribution is -2.18. The molecule has 1 atom stereocenters. The molecule has 2 heterocycles. The van der Waals surface area contributed by atoms with Crippen LogP contribution in [0.1, 0.15) is 47.5 Å². The monoisotopic (exact) mass is 245 g/mol. The number of oxazole rings is 1. The minimum Gasteiger partial charge on any atom is -0.444 e. The second kappa shape index (κ2) is 4.28. The van der Waals surface area contributed by atoms with Gasteiger partial charge in [0.2, 0.25) is 5.89 Å². The minimum absolute atomic E-state index is 0.197. The summed E-state index contributed by atoms with van der Waals surface area (Å²) in [5, 5.41) is 0. The number of hydrogen-bond acceptors (Lipinski definition) is 3. The molecule has 0 aromatic carbocycles. The highest BCUT2D eigenvalue weighted by molar-refractivity contribution is 5.28. The van der Waals surface area contributed by atoms with Crippen LogP contribution in [0.5, 0.6) is 0 Å². The Morgan fingerprint density at radius 3 is 3.06 bits per heavy atom. The van der Waals surface area contributed by atoms with E-state index in [0.29, 0.717) is 6.54 Å². The summed E-state index contributed by atoms with van der Waals surface area (Å²) >= 11 is 0. The molecule has 2 N–H and O–H groups in total. The molecular formula is C14H19N3O. The third-order valence-electron chi connectivity index (χ3n) is 3.82. The molecule has 0 amide bonds. The predicted molar refractivity (Wildman–Crippen MR) is 69.4 cm³/mol. The first-order valence-corrected chi connectivity index (χ1v) is 6.51. The molecule has 1 unspecified atom stereocenters. The van der Waals surface area contributed by atoms with Gasteiger partial charge in [0.05, 0.1) is 12.2 Å². The molecule has 0 spiro atoms. The molecule has 0 fully saturated rings. The van der Waals surface area contributed by atoms with Crippen molar-refractivity contribution >= 4 is 0 Å². The highest BCUT2D eigenvalue weighted by atomic mass is 16.4. The summed E-state index contributed by atoms with van der Waals surface area (Å²) in [5.41, 5.74) is 9.75. The van der Waals surface area contributed by atoms with Gasteiger partial charge in [-0.3, -0.25) is 0 Å². The average Bonchev–Trinajstić information content (AvgIpc) is 2.86. The highest BCUT2D eigenvalue weighted by Gasteiger charge is 2.20. The van der Waals surface area contributed by atoms with Gasteiger partial charge in [-0.2, -0.15) is 0 Å². The molecule has 4 nitrogen and oxygen atoms in total. The summed E-state index contributed by atoms with van der Waals surface area (Å²) in [6, 6.07) is 2.34. The summed E-state index contributed by atoms with van der Waals surface area (Å²) in [6.07, 6.45) is 5.47. The van der Waals surface area contributed by atoms with Crippen molar-refractivity contribution in [3.8, 4) is 0 Å². The zero-order valence-corrected chi connectivity index (χ0v) is 10.9. The standard InChI is InChI=1S/C14H19N3O/c1-9-10(2)18-14(16-9)8-17-7-6-11-12(15)4-3-5-13(11)17/h6-7,12H,3-5,8,15H2,1-2H3. The molecule has 0 saturated carbocycles. The number of aromatic nitrogens is 2. The second-order valence-electron chi connectivity index (χ2n) is 5.09. The van der Waals surface area contributed by atoms with E-state index in [1.807, 2.05) is 13.8 Å². The van der Waals surface area contributed by atoms with Crippen LogP contribution in [-0.2, 0) is 13.0 Å². The highest BCUT2D eigenvalue weighted by Crippen LogP contribution is 2.29. The molecule has 1 aliphatic rings. The Morgan fingerprint density at radius 1 is 1.50 bits per heavy atom. The van der Waals surface area contributed by atoms with E-state index in [0.717, 1.165) is 30.2 Å². The smallest absolute Gasteiger partial charge is 0.214 e. The van der Waals surface area contributed by atoms with Gasteiger partial charge in [0.25, 0.3) is 0 Å². The van der Waals surface area contributed by atoms with Crippen LogP contribution in [0.2, 0.25) is 0 Å². The Labute approximate surface area is 107 Å². The van der Waals surface area contributed by atoms with E-state index in [9.17, 15) is 0 Å². The quantitative estimate of drug-likeness (QED) is 0.884. The van der Waals surface area contributed by atoms with E-state index in [1.165, 1.54) is 17.7 Å². The number of aryl methyl sites for hydroxylation is 2. The normalized spacial score (nSPS) is 18.9. The van der Waals surface area contributed by atoms with Crippen molar-refractivity contribution in [2.45, 2.75) is 45.7 Å². The number of nitrogens with zero attached hydrogens (tertiary/aromatic N) is 2. The van der Waals surface area contributed by atoms with Crippen LogP contribution in [0.25, 0.3) is 0 Å². The molecule has 0 bridgehead atoms. The van der Waals surface area contributed by atoms with Gasteiger partial charge in [-0.1, -0.05) is 0 Å². The lowest BCUT2D eigenvalue weighted by molar-refractivity contribution is 0.449. The third kappa shape index (κ3) is 1.86. The minimum atomic E-state index is 0.197. The van der Waals surface area contributed by atoms with Crippen molar-refractivity contribution in [3.05, 3.63) is 40.9 Å². The van der Waals surface area contributed by atoms with Crippen LogP contribution >= 0.6 is 0 Å². The van der Waals surface area contributed by atoms with Crippen molar-refractivity contribution in [3.63, 3.8) is 0 Å². The fourth-order valence-electron chi connectivity index (χ4n) is 2.69. The Kier molecular flexibility index (Phi) is 2.74. The van der Waals surface area contributed by atoms with Gasteiger partial charge in [0, 0.05) is 17.9 Å². The second-order valence-corrected chi connectivity index (χ2v) is 5.09. The van der Waals surface area contributed by atoms with Crippen LogP contribution < -0.4 is 5.73 Å². The number of fused-ring (bicyclic) bond motifs is 1. The van der Waals surface area contributed by atoms with Crippen molar-refractivity contribution < 1.29 is 4.42 Å². The summed E-state index contributed by atoms with van der Waals surface area (Å²) in [6.45, 7) is 4.63. The molecule has 18 heavy (non-hydrogen) atoms. The average molecular weight is 245 g/mol. The molecule has 0 radical (unpaired) electrons. The lowest BCUT2D eigenvalue weighted by Gasteiger charge is -2.20.